The Bertz CT molecular complexity index is 409. The summed E-state index contributed by atoms with van der Waals surface area (Å²) in [6.07, 6.45) is 6.56. The molecule has 0 atom stereocenters. The molecule has 0 bridgehead atoms. The average Bonchev–Trinajstić information content (AvgIpc) is 2.97. The minimum Gasteiger partial charge on any atom is -0.361 e. The van der Waals surface area contributed by atoms with Gasteiger partial charge < -0.3 is 15.5 Å². The number of thiocarbonyl (C=S) groups is 1. The van der Waals surface area contributed by atoms with E-state index in [1.54, 1.807) is 11.3 Å². The Kier molecular flexibility index (Phi) is 5.81. The van der Waals surface area contributed by atoms with Gasteiger partial charge in [-0.25, -0.2) is 0 Å². The van der Waals surface area contributed by atoms with Gasteiger partial charge in [0.05, 0.1) is 6.54 Å². The van der Waals surface area contributed by atoms with E-state index in [0.29, 0.717) is 0 Å². The summed E-state index contributed by atoms with van der Waals surface area (Å²) in [5, 5.41) is 9.58. The standard InChI is InChI=1S/C15H25N3S2/c1-18(2)15(8-4-3-5-9-15)12-17-14(19)16-11-13-7-6-10-20-13/h6-7,10H,3-5,8-9,11-12H2,1-2H3,(H2,16,17,19). The van der Waals surface area contributed by atoms with Crippen molar-refractivity contribution in [3.05, 3.63) is 22.4 Å². The Morgan fingerprint density at radius 2 is 2.05 bits per heavy atom. The van der Waals surface area contributed by atoms with Gasteiger partial charge in [0.1, 0.15) is 0 Å². The number of nitrogens with one attached hydrogen (secondary N) is 2. The second-order valence-electron chi connectivity index (χ2n) is 5.80. The van der Waals surface area contributed by atoms with E-state index in [1.165, 1.54) is 37.0 Å². The van der Waals surface area contributed by atoms with E-state index in [9.17, 15) is 0 Å². The summed E-state index contributed by atoms with van der Waals surface area (Å²) in [5.74, 6) is 0. The molecule has 1 saturated carbocycles. The first-order valence-electron chi connectivity index (χ1n) is 7.34. The highest BCUT2D eigenvalue weighted by Crippen LogP contribution is 2.31. The minimum absolute atomic E-state index is 0.271. The largest absolute Gasteiger partial charge is 0.361 e. The molecule has 5 heteroatoms. The van der Waals surface area contributed by atoms with Crippen molar-refractivity contribution in [1.82, 2.24) is 15.5 Å². The first-order valence-corrected chi connectivity index (χ1v) is 8.63. The molecule has 20 heavy (non-hydrogen) atoms. The van der Waals surface area contributed by atoms with Crippen LogP contribution < -0.4 is 10.6 Å². The Labute approximate surface area is 131 Å². The fraction of sp³-hybridized carbons (Fsp3) is 0.667. The molecule has 2 N–H and O–H groups in total. The van der Waals surface area contributed by atoms with Gasteiger partial charge in [-0.1, -0.05) is 25.3 Å². The zero-order valence-corrected chi connectivity index (χ0v) is 14.1. The highest BCUT2D eigenvalue weighted by atomic mass is 32.1. The summed E-state index contributed by atoms with van der Waals surface area (Å²) in [5.41, 5.74) is 0.271. The van der Waals surface area contributed by atoms with Crippen LogP contribution in [0.25, 0.3) is 0 Å². The van der Waals surface area contributed by atoms with Crippen LogP contribution in [0.3, 0.4) is 0 Å². The number of nitrogens with zero attached hydrogens (tertiary/aromatic N) is 1. The Morgan fingerprint density at radius 1 is 1.30 bits per heavy atom. The van der Waals surface area contributed by atoms with Crippen molar-refractivity contribution in [3.63, 3.8) is 0 Å². The van der Waals surface area contributed by atoms with E-state index in [1.807, 2.05) is 0 Å². The molecule has 0 unspecified atom stereocenters. The van der Waals surface area contributed by atoms with Crippen molar-refractivity contribution < 1.29 is 0 Å². The fourth-order valence-electron chi connectivity index (χ4n) is 2.88. The normalized spacial score (nSPS) is 17.9. The van der Waals surface area contributed by atoms with Crippen molar-refractivity contribution in [2.75, 3.05) is 20.6 Å². The SMILES string of the molecule is CN(C)C1(CNC(=S)NCc2cccs2)CCCCC1. The third-order valence-corrected chi connectivity index (χ3v) is 5.48. The smallest absolute Gasteiger partial charge is 0.166 e. The van der Waals surface area contributed by atoms with Crippen molar-refractivity contribution in [2.24, 2.45) is 0 Å². The van der Waals surface area contributed by atoms with Crippen molar-refractivity contribution in [2.45, 2.75) is 44.2 Å². The first kappa shape index (κ1) is 15.7. The predicted molar refractivity (Wildman–Crippen MR) is 91.3 cm³/mol. The second kappa shape index (κ2) is 7.38. The molecule has 0 amide bonds. The predicted octanol–water partition coefficient (Wildman–Crippen LogP) is 2.98. The quantitative estimate of drug-likeness (QED) is 0.818. The van der Waals surface area contributed by atoms with Crippen molar-refractivity contribution in [1.29, 1.82) is 0 Å². The van der Waals surface area contributed by atoms with Crippen molar-refractivity contribution in [3.8, 4) is 0 Å². The van der Waals surface area contributed by atoms with E-state index in [4.69, 9.17) is 12.2 Å². The molecular weight excluding hydrogens is 286 g/mol. The van der Waals surface area contributed by atoms with Gasteiger partial charge >= 0.3 is 0 Å². The zero-order chi connectivity index (χ0) is 14.4. The van der Waals surface area contributed by atoms with Crippen LogP contribution in [0.1, 0.15) is 37.0 Å². The van der Waals surface area contributed by atoms with Crippen LogP contribution in [0.4, 0.5) is 0 Å². The van der Waals surface area contributed by atoms with Crippen LogP contribution in [-0.4, -0.2) is 36.2 Å². The molecular formula is C15H25N3S2. The molecule has 3 nitrogen and oxygen atoms in total. The molecule has 2 rings (SSSR count). The van der Waals surface area contributed by atoms with Gasteiger partial charge in [0.25, 0.3) is 0 Å². The molecule has 0 saturated heterocycles. The van der Waals surface area contributed by atoms with Gasteiger partial charge in [0.15, 0.2) is 5.11 Å². The number of likely N-dealkylation sites (N-methyl/N-ethyl adjacent to an activating group) is 1. The van der Waals surface area contributed by atoms with E-state index in [0.717, 1.165) is 18.2 Å². The highest BCUT2D eigenvalue weighted by Gasteiger charge is 2.33. The Balaban J connectivity index is 1.78. The lowest BCUT2D eigenvalue weighted by Crippen LogP contribution is -2.55. The molecule has 1 aromatic rings. The van der Waals surface area contributed by atoms with Crippen LogP contribution in [0.5, 0.6) is 0 Å². The number of rotatable bonds is 5. The monoisotopic (exact) mass is 311 g/mol. The van der Waals surface area contributed by atoms with Gasteiger partial charge in [0.2, 0.25) is 0 Å². The molecule has 0 aliphatic heterocycles. The maximum Gasteiger partial charge on any atom is 0.166 e. The summed E-state index contributed by atoms with van der Waals surface area (Å²) in [6.45, 7) is 1.76. The van der Waals surface area contributed by atoms with E-state index in [-0.39, 0.29) is 5.54 Å². The van der Waals surface area contributed by atoms with Crippen LogP contribution in [0, 0.1) is 0 Å². The summed E-state index contributed by atoms with van der Waals surface area (Å²) in [6, 6.07) is 4.20. The van der Waals surface area contributed by atoms with Crippen LogP contribution in [0.15, 0.2) is 17.5 Å². The van der Waals surface area contributed by atoms with Gasteiger partial charge in [-0.05, 0) is 50.6 Å². The molecule has 1 aliphatic rings. The second-order valence-corrected chi connectivity index (χ2v) is 7.24. The van der Waals surface area contributed by atoms with Crippen LogP contribution in [-0.2, 0) is 6.54 Å². The molecule has 0 spiro atoms. The lowest BCUT2D eigenvalue weighted by molar-refractivity contribution is 0.104. The zero-order valence-electron chi connectivity index (χ0n) is 12.4. The molecule has 1 aromatic heterocycles. The number of hydrogen-bond acceptors (Lipinski definition) is 3. The molecule has 1 fully saturated rings. The van der Waals surface area contributed by atoms with E-state index >= 15 is 0 Å². The maximum absolute atomic E-state index is 5.40. The average molecular weight is 312 g/mol. The van der Waals surface area contributed by atoms with Gasteiger partial charge in [-0.3, -0.25) is 0 Å². The minimum atomic E-state index is 0.271. The molecule has 1 aliphatic carbocycles. The summed E-state index contributed by atoms with van der Waals surface area (Å²) >= 11 is 7.15. The Hall–Kier alpha value is -0.650. The molecule has 1 heterocycles. The Morgan fingerprint density at radius 3 is 2.65 bits per heavy atom. The molecule has 0 radical (unpaired) electrons. The topological polar surface area (TPSA) is 27.3 Å². The third kappa shape index (κ3) is 4.17. The lowest BCUT2D eigenvalue weighted by Gasteiger charge is -2.43. The van der Waals surface area contributed by atoms with Gasteiger partial charge in [0, 0.05) is 17.0 Å². The van der Waals surface area contributed by atoms with Gasteiger partial charge in [-0.15, -0.1) is 11.3 Å². The van der Waals surface area contributed by atoms with Gasteiger partial charge in [-0.2, -0.15) is 0 Å². The van der Waals surface area contributed by atoms with Crippen molar-refractivity contribution >= 4 is 28.7 Å². The maximum atomic E-state index is 5.40. The summed E-state index contributed by atoms with van der Waals surface area (Å²) < 4.78 is 0. The van der Waals surface area contributed by atoms with Crippen LogP contribution >= 0.6 is 23.6 Å². The lowest BCUT2D eigenvalue weighted by atomic mass is 9.80. The fourth-order valence-corrected chi connectivity index (χ4v) is 3.67. The van der Waals surface area contributed by atoms with E-state index < -0.39 is 0 Å². The van der Waals surface area contributed by atoms with Crippen LogP contribution in [0.2, 0.25) is 0 Å². The molecule has 112 valence electrons. The number of thiophene rings is 1. The summed E-state index contributed by atoms with van der Waals surface area (Å²) in [4.78, 5) is 3.69. The summed E-state index contributed by atoms with van der Waals surface area (Å²) in [7, 11) is 4.38. The molecule has 0 aromatic carbocycles. The van der Waals surface area contributed by atoms with E-state index in [2.05, 4.69) is 47.1 Å². The first-order chi connectivity index (χ1) is 9.62. The number of hydrogen-bond donors (Lipinski definition) is 2. The highest BCUT2D eigenvalue weighted by molar-refractivity contribution is 7.80. The third-order valence-electron chi connectivity index (χ3n) is 4.31.